The molecular formula is C23H30N4O2. The van der Waals surface area contributed by atoms with Gasteiger partial charge in [-0.2, -0.15) is 0 Å². The largest absolute Gasteiger partial charge is 0.493 e. The van der Waals surface area contributed by atoms with E-state index in [1.165, 1.54) is 24.0 Å². The number of methoxy groups -OCH3 is 2. The minimum atomic E-state index is -0.131. The Morgan fingerprint density at radius 3 is 2.69 bits per heavy atom. The fourth-order valence-corrected chi connectivity index (χ4v) is 3.78. The van der Waals surface area contributed by atoms with E-state index in [2.05, 4.69) is 46.8 Å². The molecule has 1 aliphatic carbocycles. The van der Waals surface area contributed by atoms with Crippen LogP contribution in [-0.4, -0.2) is 44.7 Å². The van der Waals surface area contributed by atoms with E-state index in [4.69, 9.17) is 14.5 Å². The first-order chi connectivity index (χ1) is 14.1. The van der Waals surface area contributed by atoms with Gasteiger partial charge in [0, 0.05) is 48.2 Å². The minimum absolute atomic E-state index is 0.131. The van der Waals surface area contributed by atoms with Gasteiger partial charge in [0.05, 0.1) is 14.2 Å². The monoisotopic (exact) mass is 394 g/mol. The normalized spacial score (nSPS) is 17.8. The zero-order chi connectivity index (χ0) is 20.4. The molecule has 4 rings (SSSR count). The van der Waals surface area contributed by atoms with Crippen molar-refractivity contribution >= 4 is 11.9 Å². The third kappa shape index (κ3) is 4.38. The molecule has 1 unspecified atom stereocenters. The molecule has 1 heterocycles. The quantitative estimate of drug-likeness (QED) is 0.717. The number of hydrogen-bond donors (Lipinski definition) is 2. The van der Waals surface area contributed by atoms with Crippen LogP contribution in [0, 0.1) is 6.92 Å². The molecule has 0 amide bonds. The zero-order valence-corrected chi connectivity index (χ0v) is 17.7. The standard InChI is InChI=1S/C23H30N4O2/c1-15-19-13-25-23(26-20(19)11-21(28-3)22(15)29-4)27(2)14-17-7-5-6-16(10-17)12-24-18-8-9-18/h5-7,10-11,13,18,23-24,26H,8-9,12,14H2,1-4H3. The Morgan fingerprint density at radius 1 is 1.17 bits per heavy atom. The highest BCUT2D eigenvalue weighted by Crippen LogP contribution is 2.38. The molecule has 2 aromatic carbocycles. The van der Waals surface area contributed by atoms with E-state index in [1.54, 1.807) is 14.2 Å². The highest BCUT2D eigenvalue weighted by molar-refractivity contribution is 5.93. The van der Waals surface area contributed by atoms with Crippen molar-refractivity contribution in [3.63, 3.8) is 0 Å². The summed E-state index contributed by atoms with van der Waals surface area (Å²) in [6.07, 6.45) is 4.42. The topological polar surface area (TPSA) is 58.1 Å². The molecule has 0 saturated heterocycles. The number of nitrogens with zero attached hydrogens (tertiary/aromatic N) is 2. The van der Waals surface area contributed by atoms with Crippen molar-refractivity contribution in [1.82, 2.24) is 10.2 Å². The van der Waals surface area contributed by atoms with Crippen LogP contribution in [0.4, 0.5) is 5.69 Å². The molecule has 1 aliphatic heterocycles. The molecule has 2 N–H and O–H groups in total. The SMILES string of the molecule is COc1cc2c(c(C)c1OC)C=NC(N(C)Cc1cccc(CNC3CC3)c1)N2. The van der Waals surface area contributed by atoms with Gasteiger partial charge in [-0.25, -0.2) is 0 Å². The first kappa shape index (κ1) is 19.7. The fraction of sp³-hybridized carbons (Fsp3) is 0.435. The van der Waals surface area contributed by atoms with Gasteiger partial charge in [-0.05, 0) is 37.9 Å². The summed E-state index contributed by atoms with van der Waals surface area (Å²) in [5.41, 5.74) is 5.69. The van der Waals surface area contributed by atoms with Crippen LogP contribution in [0.15, 0.2) is 35.3 Å². The average Bonchev–Trinajstić information content (AvgIpc) is 3.56. The number of nitrogens with one attached hydrogen (secondary N) is 2. The number of anilines is 1. The summed E-state index contributed by atoms with van der Waals surface area (Å²) < 4.78 is 11.0. The highest BCUT2D eigenvalue weighted by atomic mass is 16.5. The summed E-state index contributed by atoms with van der Waals surface area (Å²) in [5, 5.41) is 7.11. The van der Waals surface area contributed by atoms with E-state index in [1.807, 2.05) is 19.2 Å². The number of fused-ring (bicyclic) bond motifs is 1. The van der Waals surface area contributed by atoms with E-state index in [0.29, 0.717) is 0 Å². The van der Waals surface area contributed by atoms with Gasteiger partial charge < -0.3 is 20.1 Å². The summed E-state index contributed by atoms with van der Waals surface area (Å²) >= 11 is 0. The summed E-state index contributed by atoms with van der Waals surface area (Å²) in [6, 6.07) is 11.5. The predicted molar refractivity (Wildman–Crippen MR) is 117 cm³/mol. The van der Waals surface area contributed by atoms with Gasteiger partial charge in [0.15, 0.2) is 17.8 Å². The van der Waals surface area contributed by atoms with E-state index in [9.17, 15) is 0 Å². The molecule has 1 fully saturated rings. The van der Waals surface area contributed by atoms with Crippen LogP contribution in [0.1, 0.15) is 35.1 Å². The molecule has 1 atom stereocenters. The van der Waals surface area contributed by atoms with Gasteiger partial charge in [0.2, 0.25) is 0 Å². The molecule has 154 valence electrons. The minimum Gasteiger partial charge on any atom is -0.493 e. The first-order valence-corrected chi connectivity index (χ1v) is 10.2. The van der Waals surface area contributed by atoms with Crippen molar-refractivity contribution in [3.05, 3.63) is 52.6 Å². The fourth-order valence-electron chi connectivity index (χ4n) is 3.78. The van der Waals surface area contributed by atoms with Gasteiger partial charge >= 0.3 is 0 Å². The second kappa shape index (κ2) is 8.43. The number of benzene rings is 2. The number of rotatable bonds is 8. The van der Waals surface area contributed by atoms with E-state index < -0.39 is 0 Å². The average molecular weight is 395 g/mol. The molecule has 0 bridgehead atoms. The molecule has 2 aliphatic rings. The third-order valence-corrected chi connectivity index (χ3v) is 5.60. The number of ether oxygens (including phenoxy) is 2. The molecule has 6 heteroatoms. The molecule has 2 aromatic rings. The summed E-state index contributed by atoms with van der Waals surface area (Å²) in [7, 11) is 5.41. The summed E-state index contributed by atoms with van der Waals surface area (Å²) in [4.78, 5) is 6.94. The molecule has 0 spiro atoms. The molecule has 0 aromatic heterocycles. The molecule has 0 radical (unpaired) electrons. The van der Waals surface area contributed by atoms with Crippen LogP contribution in [0.2, 0.25) is 0 Å². The van der Waals surface area contributed by atoms with Crippen LogP contribution in [0.3, 0.4) is 0 Å². The zero-order valence-electron chi connectivity index (χ0n) is 17.7. The Kier molecular flexibility index (Phi) is 5.74. The van der Waals surface area contributed by atoms with Crippen molar-refractivity contribution in [1.29, 1.82) is 0 Å². The van der Waals surface area contributed by atoms with Crippen LogP contribution in [0.25, 0.3) is 0 Å². The smallest absolute Gasteiger partial charge is 0.176 e. The first-order valence-electron chi connectivity index (χ1n) is 10.2. The Morgan fingerprint density at radius 2 is 1.97 bits per heavy atom. The number of hydrogen-bond acceptors (Lipinski definition) is 6. The van der Waals surface area contributed by atoms with Gasteiger partial charge in [-0.15, -0.1) is 0 Å². The van der Waals surface area contributed by atoms with E-state index >= 15 is 0 Å². The number of aliphatic imine (C=N–C) groups is 1. The van der Waals surface area contributed by atoms with Crippen LogP contribution >= 0.6 is 0 Å². The van der Waals surface area contributed by atoms with E-state index in [-0.39, 0.29) is 6.29 Å². The van der Waals surface area contributed by atoms with Gasteiger partial charge in [0.1, 0.15) is 0 Å². The maximum Gasteiger partial charge on any atom is 0.176 e. The molecule has 29 heavy (non-hydrogen) atoms. The molecule has 6 nitrogen and oxygen atoms in total. The van der Waals surface area contributed by atoms with Crippen molar-refractivity contribution in [2.75, 3.05) is 26.6 Å². The Balaban J connectivity index is 1.46. The lowest BCUT2D eigenvalue weighted by molar-refractivity contribution is 0.263. The van der Waals surface area contributed by atoms with Crippen molar-refractivity contribution in [2.45, 2.75) is 45.2 Å². The molecule has 1 saturated carbocycles. The van der Waals surface area contributed by atoms with Gasteiger partial charge in [-0.1, -0.05) is 24.3 Å². The lowest BCUT2D eigenvalue weighted by Gasteiger charge is -2.31. The predicted octanol–water partition coefficient (Wildman–Crippen LogP) is 3.52. The Bertz CT molecular complexity index is 908. The summed E-state index contributed by atoms with van der Waals surface area (Å²) in [6.45, 7) is 3.78. The van der Waals surface area contributed by atoms with Crippen LogP contribution in [0.5, 0.6) is 11.5 Å². The third-order valence-electron chi connectivity index (χ3n) is 5.60. The van der Waals surface area contributed by atoms with Crippen molar-refractivity contribution < 1.29 is 9.47 Å². The second-order valence-electron chi connectivity index (χ2n) is 7.88. The molecular weight excluding hydrogens is 364 g/mol. The highest BCUT2D eigenvalue weighted by Gasteiger charge is 2.23. The second-order valence-corrected chi connectivity index (χ2v) is 7.88. The van der Waals surface area contributed by atoms with Crippen LogP contribution in [-0.2, 0) is 13.1 Å². The van der Waals surface area contributed by atoms with Gasteiger partial charge in [-0.3, -0.25) is 9.89 Å². The van der Waals surface area contributed by atoms with Gasteiger partial charge in [0.25, 0.3) is 0 Å². The summed E-state index contributed by atoms with van der Waals surface area (Å²) in [5.74, 6) is 1.48. The van der Waals surface area contributed by atoms with Crippen molar-refractivity contribution in [3.8, 4) is 11.5 Å². The maximum absolute atomic E-state index is 5.51. The Hall–Kier alpha value is -2.57. The van der Waals surface area contributed by atoms with Crippen LogP contribution < -0.4 is 20.1 Å². The van der Waals surface area contributed by atoms with Crippen molar-refractivity contribution in [2.24, 2.45) is 4.99 Å². The lowest BCUT2D eigenvalue weighted by atomic mass is 10.0. The maximum atomic E-state index is 5.51. The Labute approximate surface area is 172 Å². The lowest BCUT2D eigenvalue weighted by Crippen LogP contribution is -2.38. The van der Waals surface area contributed by atoms with E-state index in [0.717, 1.165) is 47.4 Å².